The van der Waals surface area contributed by atoms with E-state index in [0.717, 1.165) is 0 Å². The van der Waals surface area contributed by atoms with Gasteiger partial charge in [0.25, 0.3) is 0 Å². The summed E-state index contributed by atoms with van der Waals surface area (Å²) in [4.78, 5) is 4.20. The molecule has 1 rings (SSSR count). The first-order chi connectivity index (χ1) is 7.67. The Balaban J connectivity index is 2.67. The van der Waals surface area contributed by atoms with Gasteiger partial charge in [0.05, 0.1) is 6.04 Å². The second-order valence-electron chi connectivity index (χ2n) is 3.74. The molecule has 4 nitrogen and oxygen atoms in total. The van der Waals surface area contributed by atoms with Crippen LogP contribution in [-0.4, -0.2) is 12.5 Å². The molecule has 0 fully saturated rings. The highest BCUT2D eigenvalue weighted by atomic mass is 15.3. The highest BCUT2D eigenvalue weighted by Gasteiger charge is 2.06. The number of rotatable bonds is 3. The lowest BCUT2D eigenvalue weighted by atomic mass is 10.1. The molecule has 0 heterocycles. The fourth-order valence-corrected chi connectivity index (χ4v) is 1.43. The minimum absolute atomic E-state index is 0.182. The zero-order valence-corrected chi connectivity index (χ0v) is 10.1. The summed E-state index contributed by atoms with van der Waals surface area (Å²) in [5.74, 6) is 5.99. The first kappa shape index (κ1) is 12.5. The average Bonchev–Trinajstić information content (AvgIpc) is 2.29. The van der Waals surface area contributed by atoms with Gasteiger partial charge in [0.15, 0.2) is 0 Å². The number of aryl methyl sites for hydroxylation is 1. The summed E-state index contributed by atoms with van der Waals surface area (Å²) in [5.41, 5.74) is 5.03. The Bertz CT molecular complexity index is 343. The molecular weight excluding hydrogens is 200 g/mol. The Morgan fingerprint density at radius 2 is 2.00 bits per heavy atom. The lowest BCUT2D eigenvalue weighted by molar-refractivity contribution is 0.689. The Kier molecular flexibility index (Phi) is 4.79. The van der Waals surface area contributed by atoms with E-state index in [1.165, 1.54) is 11.1 Å². The van der Waals surface area contributed by atoms with Gasteiger partial charge in [-0.3, -0.25) is 10.4 Å². The van der Waals surface area contributed by atoms with E-state index in [0.29, 0.717) is 12.5 Å². The summed E-state index contributed by atoms with van der Waals surface area (Å²) >= 11 is 0. The Morgan fingerprint density at radius 3 is 2.50 bits per heavy atom. The molecule has 0 amide bonds. The normalized spacial score (nSPS) is 13.4. The van der Waals surface area contributed by atoms with E-state index in [1.807, 2.05) is 6.92 Å². The molecule has 0 aliphatic heterocycles. The SMILES string of the molecule is CCN=C(NN)NC(C)c1ccc(C)cc1. The highest BCUT2D eigenvalue weighted by molar-refractivity contribution is 5.79. The monoisotopic (exact) mass is 220 g/mol. The van der Waals surface area contributed by atoms with E-state index in [4.69, 9.17) is 5.84 Å². The molecule has 0 aromatic heterocycles. The molecule has 1 atom stereocenters. The van der Waals surface area contributed by atoms with Crippen LogP contribution >= 0.6 is 0 Å². The molecule has 16 heavy (non-hydrogen) atoms. The molecule has 0 saturated heterocycles. The van der Waals surface area contributed by atoms with Crippen LogP contribution < -0.4 is 16.6 Å². The van der Waals surface area contributed by atoms with E-state index in [-0.39, 0.29) is 6.04 Å². The topological polar surface area (TPSA) is 62.4 Å². The minimum atomic E-state index is 0.182. The molecule has 1 unspecified atom stereocenters. The van der Waals surface area contributed by atoms with Gasteiger partial charge in [0, 0.05) is 6.54 Å². The van der Waals surface area contributed by atoms with Crippen LogP contribution in [0.2, 0.25) is 0 Å². The number of nitrogens with zero attached hydrogens (tertiary/aromatic N) is 1. The van der Waals surface area contributed by atoms with Gasteiger partial charge in [-0.2, -0.15) is 0 Å². The van der Waals surface area contributed by atoms with Crippen molar-refractivity contribution < 1.29 is 0 Å². The third-order valence-electron chi connectivity index (χ3n) is 2.38. The number of hydrogen-bond donors (Lipinski definition) is 3. The van der Waals surface area contributed by atoms with Crippen molar-refractivity contribution in [2.75, 3.05) is 6.54 Å². The first-order valence-corrected chi connectivity index (χ1v) is 5.51. The van der Waals surface area contributed by atoms with Crippen molar-refractivity contribution in [3.8, 4) is 0 Å². The predicted molar refractivity (Wildman–Crippen MR) is 68.0 cm³/mol. The van der Waals surface area contributed by atoms with Gasteiger partial charge in [-0.05, 0) is 26.3 Å². The Hall–Kier alpha value is -1.55. The van der Waals surface area contributed by atoms with Crippen molar-refractivity contribution in [1.82, 2.24) is 10.7 Å². The predicted octanol–water partition coefficient (Wildman–Crippen LogP) is 1.48. The van der Waals surface area contributed by atoms with Crippen LogP contribution in [0.15, 0.2) is 29.3 Å². The van der Waals surface area contributed by atoms with Crippen molar-refractivity contribution in [3.63, 3.8) is 0 Å². The molecule has 0 aliphatic carbocycles. The number of nitrogens with two attached hydrogens (primary N) is 1. The third kappa shape index (κ3) is 3.55. The van der Waals surface area contributed by atoms with Crippen molar-refractivity contribution in [1.29, 1.82) is 0 Å². The van der Waals surface area contributed by atoms with Crippen LogP contribution in [-0.2, 0) is 0 Å². The smallest absolute Gasteiger partial charge is 0.206 e. The number of hydrazine groups is 1. The highest BCUT2D eigenvalue weighted by Crippen LogP contribution is 2.12. The van der Waals surface area contributed by atoms with Gasteiger partial charge in [-0.15, -0.1) is 0 Å². The molecule has 88 valence electrons. The van der Waals surface area contributed by atoms with E-state index < -0.39 is 0 Å². The molecule has 4 heteroatoms. The van der Waals surface area contributed by atoms with E-state index in [1.54, 1.807) is 0 Å². The number of guanidine groups is 1. The van der Waals surface area contributed by atoms with Gasteiger partial charge in [0.2, 0.25) is 5.96 Å². The van der Waals surface area contributed by atoms with E-state index in [9.17, 15) is 0 Å². The molecule has 4 N–H and O–H groups in total. The molecule has 0 aliphatic rings. The molecule has 1 aromatic rings. The standard InChI is InChI=1S/C12H20N4/c1-4-14-12(16-13)15-10(3)11-7-5-9(2)6-8-11/h5-8,10H,4,13H2,1-3H3,(H2,14,15,16). The van der Waals surface area contributed by atoms with Gasteiger partial charge < -0.3 is 5.32 Å². The number of nitrogens with one attached hydrogen (secondary N) is 2. The lowest BCUT2D eigenvalue weighted by Crippen LogP contribution is -2.42. The molecule has 1 aromatic carbocycles. The maximum absolute atomic E-state index is 5.37. The molecule has 0 radical (unpaired) electrons. The quantitative estimate of drug-likeness (QED) is 0.313. The lowest BCUT2D eigenvalue weighted by Gasteiger charge is -2.16. The van der Waals surface area contributed by atoms with Gasteiger partial charge in [0.1, 0.15) is 0 Å². The number of benzene rings is 1. The van der Waals surface area contributed by atoms with Gasteiger partial charge >= 0.3 is 0 Å². The summed E-state index contributed by atoms with van der Waals surface area (Å²) < 4.78 is 0. The molecular formula is C12H20N4. The Labute approximate surface area is 96.9 Å². The first-order valence-electron chi connectivity index (χ1n) is 5.51. The van der Waals surface area contributed by atoms with Crippen LogP contribution in [0.3, 0.4) is 0 Å². The van der Waals surface area contributed by atoms with Crippen LogP contribution in [0.1, 0.15) is 31.0 Å². The average molecular weight is 220 g/mol. The second-order valence-corrected chi connectivity index (χ2v) is 3.74. The zero-order valence-electron chi connectivity index (χ0n) is 10.1. The minimum Gasteiger partial charge on any atom is -0.349 e. The largest absolute Gasteiger partial charge is 0.349 e. The summed E-state index contributed by atoms with van der Waals surface area (Å²) in [6.07, 6.45) is 0. The van der Waals surface area contributed by atoms with Crippen LogP contribution in [0, 0.1) is 6.92 Å². The van der Waals surface area contributed by atoms with Crippen molar-refractivity contribution in [3.05, 3.63) is 35.4 Å². The molecule has 0 bridgehead atoms. The van der Waals surface area contributed by atoms with Crippen LogP contribution in [0.5, 0.6) is 0 Å². The van der Waals surface area contributed by atoms with Crippen molar-refractivity contribution >= 4 is 5.96 Å². The molecule has 0 saturated carbocycles. The number of aliphatic imine (C=N–C) groups is 1. The van der Waals surface area contributed by atoms with Gasteiger partial charge in [-0.1, -0.05) is 29.8 Å². The number of hydrogen-bond acceptors (Lipinski definition) is 2. The molecule has 0 spiro atoms. The Morgan fingerprint density at radius 1 is 1.38 bits per heavy atom. The van der Waals surface area contributed by atoms with Crippen molar-refractivity contribution in [2.45, 2.75) is 26.8 Å². The maximum atomic E-state index is 5.37. The van der Waals surface area contributed by atoms with Crippen molar-refractivity contribution in [2.24, 2.45) is 10.8 Å². The summed E-state index contributed by atoms with van der Waals surface area (Å²) in [6.45, 7) is 6.82. The van der Waals surface area contributed by atoms with E-state index in [2.05, 4.69) is 53.8 Å². The summed E-state index contributed by atoms with van der Waals surface area (Å²) in [5, 5.41) is 3.22. The van der Waals surface area contributed by atoms with Gasteiger partial charge in [-0.25, -0.2) is 5.84 Å². The summed E-state index contributed by atoms with van der Waals surface area (Å²) in [6, 6.07) is 8.59. The second kappa shape index (κ2) is 6.12. The maximum Gasteiger partial charge on any atom is 0.206 e. The zero-order chi connectivity index (χ0) is 12.0. The third-order valence-corrected chi connectivity index (χ3v) is 2.38. The fraction of sp³-hybridized carbons (Fsp3) is 0.417. The van der Waals surface area contributed by atoms with Crippen LogP contribution in [0.25, 0.3) is 0 Å². The fourth-order valence-electron chi connectivity index (χ4n) is 1.43. The summed E-state index contributed by atoms with van der Waals surface area (Å²) in [7, 11) is 0. The van der Waals surface area contributed by atoms with Crippen LogP contribution in [0.4, 0.5) is 0 Å². The van der Waals surface area contributed by atoms with E-state index >= 15 is 0 Å².